The zero-order chi connectivity index (χ0) is 74.6. The van der Waals surface area contributed by atoms with Crippen molar-refractivity contribution in [2.45, 2.75) is 303 Å². The third-order valence-electron chi connectivity index (χ3n) is 15.5. The number of phosphoric ester groups is 2. The zero-order valence-electron chi connectivity index (χ0n) is 63.2. The van der Waals surface area contributed by atoms with Gasteiger partial charge < -0.3 is 33.8 Å². The summed E-state index contributed by atoms with van der Waals surface area (Å²) < 4.78 is 68.4. The van der Waals surface area contributed by atoms with E-state index >= 15 is 0 Å². The first-order chi connectivity index (χ1) is 49.7. The zero-order valence-corrected chi connectivity index (χ0v) is 65.0. The molecule has 0 saturated carbocycles. The Morgan fingerprint density at radius 3 is 0.814 bits per heavy atom. The van der Waals surface area contributed by atoms with E-state index in [4.69, 9.17) is 37.0 Å². The number of esters is 4. The van der Waals surface area contributed by atoms with Crippen molar-refractivity contribution in [1.82, 2.24) is 0 Å². The predicted octanol–water partition coefficient (Wildman–Crippen LogP) is 22.4. The summed E-state index contributed by atoms with van der Waals surface area (Å²) in [5.74, 6) is -2.29. The average Bonchev–Trinajstić information content (AvgIpc) is 0.926. The Bertz CT molecular complexity index is 2550. The van der Waals surface area contributed by atoms with Gasteiger partial charge in [0.15, 0.2) is 12.2 Å². The lowest BCUT2D eigenvalue weighted by molar-refractivity contribution is -0.161. The molecule has 0 aromatic heterocycles. The summed E-state index contributed by atoms with van der Waals surface area (Å²) in [4.78, 5) is 72.9. The molecular formula is C83H136O17P2. The third-order valence-corrected chi connectivity index (χ3v) is 17.4. The van der Waals surface area contributed by atoms with Gasteiger partial charge in [0.1, 0.15) is 19.3 Å². The molecule has 0 bridgehead atoms. The Morgan fingerprint density at radius 1 is 0.284 bits per heavy atom. The van der Waals surface area contributed by atoms with Crippen LogP contribution in [0.15, 0.2) is 158 Å². The SMILES string of the molecule is CC/C=C\C/C=C\C/C=C\C/C=C\C/C=C\CCCCCC(=O)OCC(COP(=O)(O)OCC(O)COP(=O)(O)OCC(COC(=O)CCCCCC/C=C\C/C=C\C/C=C\C/C=C\CC)OC(=O)CCCC/C=C\C/C=C\C/C=C\C/C=C\CC)OC(=O)CCCCCCCCCCCCC. The van der Waals surface area contributed by atoms with E-state index in [1.165, 1.54) is 38.5 Å². The molecule has 0 rings (SSSR count). The summed E-state index contributed by atoms with van der Waals surface area (Å²) in [6, 6.07) is 0. The summed E-state index contributed by atoms with van der Waals surface area (Å²) in [6.07, 6.45) is 85.3. The molecule has 0 aliphatic carbocycles. The highest BCUT2D eigenvalue weighted by molar-refractivity contribution is 7.47. The van der Waals surface area contributed by atoms with Crippen molar-refractivity contribution < 1.29 is 80.2 Å². The van der Waals surface area contributed by atoms with Crippen LogP contribution in [-0.4, -0.2) is 96.7 Å². The minimum Gasteiger partial charge on any atom is -0.462 e. The second-order valence-electron chi connectivity index (χ2n) is 25.2. The van der Waals surface area contributed by atoms with Crippen LogP contribution in [0.4, 0.5) is 0 Å². The Labute approximate surface area is 617 Å². The van der Waals surface area contributed by atoms with Gasteiger partial charge in [-0.2, -0.15) is 0 Å². The number of phosphoric acid groups is 2. The van der Waals surface area contributed by atoms with Crippen LogP contribution >= 0.6 is 15.6 Å². The van der Waals surface area contributed by atoms with Crippen LogP contribution < -0.4 is 0 Å². The Hall–Kier alpha value is -5.32. The van der Waals surface area contributed by atoms with E-state index in [-0.39, 0.29) is 25.7 Å². The highest BCUT2D eigenvalue weighted by atomic mass is 31.2. The van der Waals surface area contributed by atoms with Gasteiger partial charge in [0.05, 0.1) is 26.4 Å². The first-order valence-corrected chi connectivity index (χ1v) is 41.7. The van der Waals surface area contributed by atoms with Crippen molar-refractivity contribution >= 4 is 39.5 Å². The number of unbranched alkanes of at least 4 members (excludes halogenated alkanes) is 19. The highest BCUT2D eigenvalue weighted by Crippen LogP contribution is 2.45. The van der Waals surface area contributed by atoms with Gasteiger partial charge >= 0.3 is 39.5 Å². The largest absolute Gasteiger partial charge is 0.472 e. The van der Waals surface area contributed by atoms with Gasteiger partial charge in [-0.1, -0.05) is 269 Å². The smallest absolute Gasteiger partial charge is 0.462 e. The van der Waals surface area contributed by atoms with E-state index < -0.39 is 97.5 Å². The maximum absolute atomic E-state index is 13.1. The minimum absolute atomic E-state index is 0.0316. The Balaban J connectivity index is 5.42. The number of carbonyl (C=O) groups is 4. The van der Waals surface area contributed by atoms with Gasteiger partial charge in [0.25, 0.3) is 0 Å². The van der Waals surface area contributed by atoms with Crippen molar-refractivity contribution in [2.24, 2.45) is 0 Å². The fourth-order valence-corrected chi connectivity index (χ4v) is 11.3. The number of ether oxygens (including phenoxy) is 4. The van der Waals surface area contributed by atoms with E-state index in [1.807, 2.05) is 0 Å². The van der Waals surface area contributed by atoms with Gasteiger partial charge in [-0.05, 0) is 148 Å². The van der Waals surface area contributed by atoms with Crippen LogP contribution in [0.5, 0.6) is 0 Å². The predicted molar refractivity (Wildman–Crippen MR) is 417 cm³/mol. The van der Waals surface area contributed by atoms with E-state index in [1.54, 1.807) is 0 Å². The summed E-state index contributed by atoms with van der Waals surface area (Å²) in [5, 5.41) is 10.6. The number of aliphatic hydroxyl groups is 1. The number of hydrogen-bond acceptors (Lipinski definition) is 15. The Kier molecular flexibility index (Phi) is 70.1. The second kappa shape index (κ2) is 74.0. The van der Waals surface area contributed by atoms with Gasteiger partial charge in [-0.3, -0.25) is 37.3 Å². The van der Waals surface area contributed by atoms with Gasteiger partial charge in [0, 0.05) is 25.7 Å². The first-order valence-electron chi connectivity index (χ1n) is 38.7. The van der Waals surface area contributed by atoms with Crippen LogP contribution in [0.3, 0.4) is 0 Å². The summed E-state index contributed by atoms with van der Waals surface area (Å²) in [7, 11) is -9.99. The molecule has 0 spiro atoms. The lowest BCUT2D eigenvalue weighted by atomic mass is 10.1. The molecule has 102 heavy (non-hydrogen) atoms. The topological polar surface area (TPSA) is 237 Å². The molecule has 0 aliphatic heterocycles. The van der Waals surface area contributed by atoms with Crippen molar-refractivity contribution in [3.05, 3.63) is 158 Å². The lowest BCUT2D eigenvalue weighted by Gasteiger charge is -2.21. The van der Waals surface area contributed by atoms with Crippen LogP contribution in [-0.2, 0) is 65.4 Å². The Morgan fingerprint density at radius 2 is 0.510 bits per heavy atom. The molecule has 0 saturated heterocycles. The molecule has 0 heterocycles. The highest BCUT2D eigenvalue weighted by Gasteiger charge is 2.30. The number of rotatable bonds is 71. The van der Waals surface area contributed by atoms with Crippen LogP contribution in [0.25, 0.3) is 0 Å². The van der Waals surface area contributed by atoms with E-state index in [0.29, 0.717) is 32.1 Å². The first kappa shape index (κ1) is 96.7. The molecule has 17 nitrogen and oxygen atoms in total. The summed E-state index contributed by atoms with van der Waals surface area (Å²) >= 11 is 0. The van der Waals surface area contributed by atoms with Crippen LogP contribution in [0.1, 0.15) is 285 Å². The minimum atomic E-state index is -5.00. The molecule has 3 N–H and O–H groups in total. The molecule has 0 aliphatic rings. The molecule has 0 radical (unpaired) electrons. The van der Waals surface area contributed by atoms with E-state index in [9.17, 15) is 43.2 Å². The summed E-state index contributed by atoms with van der Waals surface area (Å²) in [6.45, 7) is 4.39. The van der Waals surface area contributed by atoms with E-state index in [0.717, 1.165) is 161 Å². The lowest BCUT2D eigenvalue weighted by Crippen LogP contribution is -2.30. The van der Waals surface area contributed by atoms with Crippen molar-refractivity contribution in [1.29, 1.82) is 0 Å². The molecule has 0 fully saturated rings. The fraction of sp³-hybridized carbons (Fsp3) is 0.639. The fourth-order valence-electron chi connectivity index (χ4n) is 9.70. The van der Waals surface area contributed by atoms with Gasteiger partial charge in [-0.15, -0.1) is 0 Å². The molecule has 5 unspecified atom stereocenters. The molecule has 580 valence electrons. The quantitative estimate of drug-likeness (QED) is 0.0169. The monoisotopic (exact) mass is 1470 g/mol. The number of hydrogen-bond donors (Lipinski definition) is 3. The molecule has 5 atom stereocenters. The molecule has 19 heteroatoms. The molecule has 0 aromatic rings. The van der Waals surface area contributed by atoms with Crippen molar-refractivity contribution in [2.75, 3.05) is 39.6 Å². The maximum atomic E-state index is 13.1. The van der Waals surface area contributed by atoms with Crippen LogP contribution in [0, 0.1) is 0 Å². The standard InChI is InChI=1S/C83H136O17P2/c1-5-9-13-17-21-25-29-32-35-37-38-40-43-45-49-52-56-60-64-68-80(85)93-73-78(99-82(87)69-65-61-57-53-47-28-24-20-16-12-8-4)75-97-101(89,90)95-71-77(84)72-96-102(91,92)98-76-79(100-83(88)70-66-62-58-54-50-46-41-34-31-27-23-19-15-11-7-3)74-94-81(86)67-63-59-55-51-48-44-42-39-36-33-30-26-22-18-14-10-6-2/h9-11,13-15,21-23,25-27,32-36,38,40-42,44-45,49-50,54,77-79,84H,5-8,12,16-20,24,28-31,37,39,43,46-48,51-53,55-76H2,1-4H3,(H,89,90)(H,91,92)/b13-9-,14-10-,15-11-,25-21-,26-22-,27-23-,35-32-,36-33-,40-38-,41-34-,44-42-,49-45-,54-50-. The van der Waals surface area contributed by atoms with Gasteiger partial charge in [0.2, 0.25) is 0 Å². The molecule has 0 amide bonds. The second-order valence-corrected chi connectivity index (χ2v) is 28.1. The molecule has 0 aromatic carbocycles. The van der Waals surface area contributed by atoms with Crippen LogP contribution in [0.2, 0.25) is 0 Å². The maximum Gasteiger partial charge on any atom is 0.472 e. The third kappa shape index (κ3) is 73.0. The van der Waals surface area contributed by atoms with Crippen molar-refractivity contribution in [3.63, 3.8) is 0 Å². The van der Waals surface area contributed by atoms with Gasteiger partial charge in [-0.25, -0.2) is 9.13 Å². The summed E-state index contributed by atoms with van der Waals surface area (Å²) in [5.41, 5.74) is 0. The number of carbonyl (C=O) groups excluding carboxylic acids is 4. The average molecular weight is 1470 g/mol. The van der Waals surface area contributed by atoms with Crippen molar-refractivity contribution in [3.8, 4) is 0 Å². The number of allylic oxidation sites excluding steroid dienone is 26. The molecular weight excluding hydrogens is 1330 g/mol. The van der Waals surface area contributed by atoms with E-state index in [2.05, 4.69) is 186 Å². The normalized spacial score (nSPS) is 14.8. The number of aliphatic hydroxyl groups excluding tert-OH is 1.